The molecule has 2 aromatic rings. The third-order valence-corrected chi connectivity index (χ3v) is 3.10. The van der Waals surface area contributed by atoms with Gasteiger partial charge in [-0.05, 0) is 55.3 Å². The van der Waals surface area contributed by atoms with Crippen molar-refractivity contribution < 1.29 is 9.18 Å². The van der Waals surface area contributed by atoms with Crippen LogP contribution in [0.25, 0.3) is 0 Å². The van der Waals surface area contributed by atoms with E-state index in [0.29, 0.717) is 5.56 Å². The molecule has 0 aliphatic heterocycles. The lowest BCUT2D eigenvalue weighted by Crippen LogP contribution is -2.13. The van der Waals surface area contributed by atoms with Gasteiger partial charge < -0.3 is 10.6 Å². The number of halogens is 1. The van der Waals surface area contributed by atoms with Crippen molar-refractivity contribution in [1.29, 1.82) is 0 Å². The molecule has 2 aromatic carbocycles. The van der Waals surface area contributed by atoms with Gasteiger partial charge in [0.05, 0.1) is 5.69 Å². The number of hydrogen-bond donors (Lipinski definition) is 2. The maximum absolute atomic E-state index is 13.7. The van der Waals surface area contributed by atoms with E-state index in [1.54, 1.807) is 31.2 Å². The molecule has 2 N–H and O–H groups in total. The number of rotatable bonds is 5. The van der Waals surface area contributed by atoms with Crippen LogP contribution in [0.15, 0.2) is 42.5 Å². The monoisotopic (exact) mass is 286 g/mol. The highest BCUT2D eigenvalue weighted by molar-refractivity contribution is 6.04. The summed E-state index contributed by atoms with van der Waals surface area (Å²) in [6, 6.07) is 11.9. The highest BCUT2D eigenvalue weighted by Gasteiger charge is 2.09. The molecule has 0 fully saturated rings. The highest BCUT2D eigenvalue weighted by atomic mass is 19.1. The van der Waals surface area contributed by atoms with Crippen molar-refractivity contribution in [1.82, 2.24) is 0 Å². The molecule has 0 bridgehead atoms. The van der Waals surface area contributed by atoms with Crippen molar-refractivity contribution in [3.05, 3.63) is 59.4 Å². The minimum absolute atomic E-state index is 0.193. The van der Waals surface area contributed by atoms with E-state index in [1.807, 2.05) is 12.1 Å². The molecular formula is C17H19FN2O. The van der Waals surface area contributed by atoms with Crippen molar-refractivity contribution in [2.24, 2.45) is 0 Å². The minimum atomic E-state index is -0.426. The average Bonchev–Trinajstić information content (AvgIpc) is 2.48. The molecule has 0 radical (unpaired) electrons. The van der Waals surface area contributed by atoms with Crippen molar-refractivity contribution in [3.8, 4) is 0 Å². The van der Waals surface area contributed by atoms with E-state index in [-0.39, 0.29) is 11.6 Å². The van der Waals surface area contributed by atoms with E-state index in [9.17, 15) is 9.18 Å². The first kappa shape index (κ1) is 15.0. The summed E-state index contributed by atoms with van der Waals surface area (Å²) in [6.45, 7) is 4.78. The van der Waals surface area contributed by atoms with Gasteiger partial charge in [0.1, 0.15) is 5.82 Å². The van der Waals surface area contributed by atoms with Gasteiger partial charge in [0.15, 0.2) is 0 Å². The topological polar surface area (TPSA) is 41.1 Å². The Morgan fingerprint density at radius 3 is 2.48 bits per heavy atom. The number of hydrogen-bond acceptors (Lipinski definition) is 2. The molecule has 0 saturated heterocycles. The highest BCUT2D eigenvalue weighted by Crippen LogP contribution is 2.17. The van der Waals surface area contributed by atoms with Crippen LogP contribution in [0.4, 0.5) is 15.8 Å². The van der Waals surface area contributed by atoms with E-state index in [1.165, 1.54) is 6.07 Å². The van der Waals surface area contributed by atoms with Crippen LogP contribution >= 0.6 is 0 Å². The van der Waals surface area contributed by atoms with Crippen LogP contribution in [-0.2, 0) is 0 Å². The number of amides is 1. The van der Waals surface area contributed by atoms with Gasteiger partial charge in [-0.3, -0.25) is 4.79 Å². The molecular weight excluding hydrogens is 267 g/mol. The molecule has 0 saturated carbocycles. The van der Waals surface area contributed by atoms with E-state index >= 15 is 0 Å². The van der Waals surface area contributed by atoms with Crippen LogP contribution in [0.1, 0.15) is 29.3 Å². The number of benzene rings is 2. The fraction of sp³-hybridized carbons (Fsp3) is 0.235. The van der Waals surface area contributed by atoms with Crippen molar-refractivity contribution in [2.45, 2.75) is 20.3 Å². The molecule has 3 nitrogen and oxygen atoms in total. The Kier molecular flexibility index (Phi) is 4.93. The molecule has 21 heavy (non-hydrogen) atoms. The lowest BCUT2D eigenvalue weighted by molar-refractivity contribution is 0.102. The van der Waals surface area contributed by atoms with Gasteiger partial charge in [-0.2, -0.15) is 0 Å². The zero-order valence-corrected chi connectivity index (χ0v) is 12.2. The molecule has 0 aromatic heterocycles. The summed E-state index contributed by atoms with van der Waals surface area (Å²) in [7, 11) is 0. The number of carbonyl (C=O) groups excluding carboxylic acids is 1. The predicted molar refractivity (Wildman–Crippen MR) is 84.3 cm³/mol. The minimum Gasteiger partial charge on any atom is -0.385 e. The quantitative estimate of drug-likeness (QED) is 0.864. The Hall–Kier alpha value is -2.36. The number of anilines is 2. The summed E-state index contributed by atoms with van der Waals surface area (Å²) in [5.74, 6) is -0.746. The zero-order valence-electron chi connectivity index (χ0n) is 12.2. The molecule has 2 rings (SSSR count). The van der Waals surface area contributed by atoms with Crippen molar-refractivity contribution in [3.63, 3.8) is 0 Å². The lowest BCUT2D eigenvalue weighted by atomic mass is 10.1. The largest absolute Gasteiger partial charge is 0.385 e. The Labute approximate surface area is 124 Å². The van der Waals surface area contributed by atoms with E-state index in [2.05, 4.69) is 17.6 Å². The lowest BCUT2D eigenvalue weighted by Gasteiger charge is -2.08. The molecule has 0 atom stereocenters. The first-order valence-electron chi connectivity index (χ1n) is 7.01. The molecule has 0 spiro atoms. The summed E-state index contributed by atoms with van der Waals surface area (Å²) in [5, 5.41) is 5.82. The standard InChI is InChI=1S/C17H19FN2O/c1-3-10-19-14-7-5-13(6-8-14)17(21)20-16-9-4-12(2)11-15(16)18/h4-9,11,19H,3,10H2,1-2H3,(H,20,21). The molecule has 1 amide bonds. The summed E-state index contributed by atoms with van der Waals surface area (Å²) in [6.07, 6.45) is 1.04. The fourth-order valence-corrected chi connectivity index (χ4v) is 1.92. The van der Waals surface area contributed by atoms with Gasteiger partial charge in [-0.25, -0.2) is 4.39 Å². The van der Waals surface area contributed by atoms with Crippen molar-refractivity contribution in [2.75, 3.05) is 17.2 Å². The van der Waals surface area contributed by atoms with Crippen LogP contribution < -0.4 is 10.6 Å². The first-order valence-corrected chi connectivity index (χ1v) is 7.01. The van der Waals surface area contributed by atoms with Gasteiger partial charge in [0.2, 0.25) is 0 Å². The van der Waals surface area contributed by atoms with Gasteiger partial charge in [0, 0.05) is 17.8 Å². The number of aryl methyl sites for hydroxylation is 1. The normalized spacial score (nSPS) is 10.2. The molecule has 110 valence electrons. The maximum Gasteiger partial charge on any atom is 0.255 e. The van der Waals surface area contributed by atoms with E-state index < -0.39 is 5.82 Å². The van der Waals surface area contributed by atoms with Crippen LogP contribution in [0, 0.1) is 12.7 Å². The van der Waals surface area contributed by atoms with E-state index in [4.69, 9.17) is 0 Å². The van der Waals surface area contributed by atoms with Crippen LogP contribution in [0.3, 0.4) is 0 Å². The molecule has 0 unspecified atom stereocenters. The summed E-state index contributed by atoms with van der Waals surface area (Å²) in [5.41, 5.74) is 2.47. The van der Waals surface area contributed by atoms with Gasteiger partial charge in [-0.15, -0.1) is 0 Å². The van der Waals surface area contributed by atoms with Crippen LogP contribution in [0.2, 0.25) is 0 Å². The third kappa shape index (κ3) is 4.05. The summed E-state index contributed by atoms with van der Waals surface area (Å²) < 4.78 is 13.7. The average molecular weight is 286 g/mol. The Morgan fingerprint density at radius 1 is 1.14 bits per heavy atom. The molecule has 0 aliphatic rings. The number of carbonyl (C=O) groups is 1. The molecule has 4 heteroatoms. The van der Waals surface area contributed by atoms with Crippen molar-refractivity contribution >= 4 is 17.3 Å². The Balaban J connectivity index is 2.06. The Morgan fingerprint density at radius 2 is 1.86 bits per heavy atom. The Bertz CT molecular complexity index is 623. The molecule has 0 aliphatic carbocycles. The van der Waals surface area contributed by atoms with Gasteiger partial charge in [0.25, 0.3) is 5.91 Å². The van der Waals surface area contributed by atoms with Gasteiger partial charge >= 0.3 is 0 Å². The van der Waals surface area contributed by atoms with E-state index in [0.717, 1.165) is 24.2 Å². The van der Waals surface area contributed by atoms with Crippen LogP contribution in [-0.4, -0.2) is 12.5 Å². The van der Waals surface area contributed by atoms with Gasteiger partial charge in [-0.1, -0.05) is 13.0 Å². The SMILES string of the molecule is CCCNc1ccc(C(=O)Nc2ccc(C)cc2F)cc1. The maximum atomic E-state index is 13.7. The second kappa shape index (κ2) is 6.88. The molecule has 0 heterocycles. The fourth-order valence-electron chi connectivity index (χ4n) is 1.92. The summed E-state index contributed by atoms with van der Waals surface area (Å²) in [4.78, 5) is 12.1. The second-order valence-electron chi connectivity index (χ2n) is 4.94. The smallest absolute Gasteiger partial charge is 0.255 e. The summed E-state index contributed by atoms with van der Waals surface area (Å²) >= 11 is 0. The third-order valence-electron chi connectivity index (χ3n) is 3.10. The van der Waals surface area contributed by atoms with Crippen LogP contribution in [0.5, 0.6) is 0 Å². The predicted octanol–water partition coefficient (Wildman–Crippen LogP) is 4.21. The first-order chi connectivity index (χ1) is 10.1. The zero-order chi connectivity index (χ0) is 15.2. The number of nitrogens with one attached hydrogen (secondary N) is 2. The second-order valence-corrected chi connectivity index (χ2v) is 4.94.